The molecule has 26 heavy (non-hydrogen) atoms. The highest BCUT2D eigenvalue weighted by molar-refractivity contribution is 5.95. The lowest BCUT2D eigenvalue weighted by atomic mass is 9.87. The average molecular weight is 360 g/mol. The Kier molecular flexibility index (Phi) is 5.18. The predicted molar refractivity (Wildman–Crippen MR) is 101 cm³/mol. The summed E-state index contributed by atoms with van der Waals surface area (Å²) in [5, 5.41) is 0. The molecule has 2 fully saturated rings. The summed E-state index contributed by atoms with van der Waals surface area (Å²) < 4.78 is 5.17. The molecule has 0 spiro atoms. The second-order valence-electron chi connectivity index (χ2n) is 9.33. The number of hydrogen-bond acceptors (Lipinski definition) is 3. The zero-order chi connectivity index (χ0) is 19.1. The normalized spacial score (nSPS) is 24.0. The van der Waals surface area contributed by atoms with E-state index in [0.29, 0.717) is 18.0 Å². The first kappa shape index (κ1) is 19.0. The van der Waals surface area contributed by atoms with Gasteiger partial charge in [0.15, 0.2) is 0 Å². The monoisotopic (exact) mass is 360 g/mol. The number of fused-ring (bicyclic) bond motifs is 1. The van der Waals surface area contributed by atoms with Crippen LogP contribution in [0.4, 0.5) is 0 Å². The van der Waals surface area contributed by atoms with E-state index in [1.807, 2.05) is 23.6 Å². The molecule has 3 heterocycles. The molecule has 0 bridgehead atoms. The molecule has 1 aromatic rings. The predicted octanol–water partition coefficient (Wildman–Crippen LogP) is 3.72. The summed E-state index contributed by atoms with van der Waals surface area (Å²) >= 11 is 0. The van der Waals surface area contributed by atoms with Crippen molar-refractivity contribution in [1.82, 2.24) is 9.80 Å². The second-order valence-corrected chi connectivity index (χ2v) is 9.33. The smallest absolute Gasteiger partial charge is 0.257 e. The molecule has 1 unspecified atom stereocenters. The van der Waals surface area contributed by atoms with Crippen LogP contribution in [0.5, 0.6) is 0 Å². The van der Waals surface area contributed by atoms with E-state index in [0.717, 1.165) is 37.9 Å². The Labute approximate surface area is 156 Å². The van der Waals surface area contributed by atoms with Crippen molar-refractivity contribution in [2.75, 3.05) is 19.6 Å². The van der Waals surface area contributed by atoms with Gasteiger partial charge in [-0.15, -0.1) is 0 Å². The van der Waals surface area contributed by atoms with Crippen LogP contribution in [0.3, 0.4) is 0 Å². The fourth-order valence-electron chi connectivity index (χ4n) is 4.21. The van der Waals surface area contributed by atoms with E-state index in [9.17, 15) is 9.59 Å². The minimum absolute atomic E-state index is 0.0406. The van der Waals surface area contributed by atoms with Gasteiger partial charge in [0.1, 0.15) is 6.26 Å². The van der Waals surface area contributed by atoms with Crippen molar-refractivity contribution < 1.29 is 14.0 Å². The van der Waals surface area contributed by atoms with Gasteiger partial charge in [0, 0.05) is 31.5 Å². The number of amides is 2. The highest BCUT2D eigenvalue weighted by atomic mass is 16.3. The van der Waals surface area contributed by atoms with Gasteiger partial charge in [-0.1, -0.05) is 27.7 Å². The Bertz CT molecular complexity index is 673. The van der Waals surface area contributed by atoms with E-state index in [1.165, 1.54) is 6.26 Å². The molecule has 3 rings (SSSR count). The van der Waals surface area contributed by atoms with Gasteiger partial charge in [-0.25, -0.2) is 0 Å². The number of nitrogens with zero attached hydrogens (tertiary/aromatic N) is 2. The maximum atomic E-state index is 12.9. The Morgan fingerprint density at radius 1 is 1.27 bits per heavy atom. The number of carbonyl (C=O) groups excluding carboxylic acids is 2. The topological polar surface area (TPSA) is 53.8 Å². The van der Waals surface area contributed by atoms with Gasteiger partial charge in [-0.2, -0.15) is 0 Å². The molecule has 2 amide bonds. The van der Waals surface area contributed by atoms with Crippen LogP contribution < -0.4 is 0 Å². The Morgan fingerprint density at radius 2 is 2.00 bits per heavy atom. The number of furan rings is 1. The van der Waals surface area contributed by atoms with E-state index in [-0.39, 0.29) is 29.2 Å². The third-order valence-corrected chi connectivity index (χ3v) is 5.96. The molecule has 2 aliphatic rings. The lowest BCUT2D eigenvalue weighted by molar-refractivity contribution is -0.134. The molecule has 0 N–H and O–H groups in total. The summed E-state index contributed by atoms with van der Waals surface area (Å²) in [5.41, 5.74) is 1.77. The van der Waals surface area contributed by atoms with Crippen molar-refractivity contribution in [3.05, 3.63) is 23.7 Å². The van der Waals surface area contributed by atoms with E-state index < -0.39 is 0 Å². The van der Waals surface area contributed by atoms with Crippen molar-refractivity contribution in [2.45, 2.75) is 59.9 Å². The Morgan fingerprint density at radius 3 is 2.62 bits per heavy atom. The molecule has 1 aromatic heterocycles. The minimum atomic E-state index is 0.0406. The third-order valence-electron chi connectivity index (χ3n) is 5.96. The molecule has 0 saturated carbocycles. The molecular weight excluding hydrogens is 328 g/mol. The molecule has 2 saturated heterocycles. The summed E-state index contributed by atoms with van der Waals surface area (Å²) in [4.78, 5) is 29.7. The van der Waals surface area contributed by atoms with Gasteiger partial charge in [0.2, 0.25) is 5.91 Å². The lowest BCUT2D eigenvalue weighted by Gasteiger charge is -2.27. The van der Waals surface area contributed by atoms with Crippen molar-refractivity contribution in [2.24, 2.45) is 17.3 Å². The maximum Gasteiger partial charge on any atom is 0.257 e. The number of hydrogen-bond donors (Lipinski definition) is 0. The van der Waals surface area contributed by atoms with E-state index in [1.54, 1.807) is 6.26 Å². The van der Waals surface area contributed by atoms with E-state index >= 15 is 0 Å². The minimum Gasteiger partial charge on any atom is -0.471 e. The SMILES string of the molecule is Cc1cocc1C(=O)N1CC[C@H]2CN(C(=O)C(C)CCC(C)(C)C)C[C@H]21. The van der Waals surface area contributed by atoms with Gasteiger partial charge in [0.25, 0.3) is 5.91 Å². The van der Waals surface area contributed by atoms with Gasteiger partial charge >= 0.3 is 0 Å². The molecule has 0 radical (unpaired) electrons. The maximum absolute atomic E-state index is 12.9. The quantitative estimate of drug-likeness (QED) is 0.822. The van der Waals surface area contributed by atoms with Crippen molar-refractivity contribution in [3.8, 4) is 0 Å². The van der Waals surface area contributed by atoms with Crippen LogP contribution in [0.15, 0.2) is 16.9 Å². The van der Waals surface area contributed by atoms with Crippen molar-refractivity contribution >= 4 is 11.8 Å². The van der Waals surface area contributed by atoms with Crippen LogP contribution in [-0.2, 0) is 4.79 Å². The summed E-state index contributed by atoms with van der Waals surface area (Å²) in [6.45, 7) is 12.8. The standard InChI is InChI=1S/C21H32N2O3/c1-14(6-8-21(3,4)5)19(24)22-10-16-7-9-23(18(16)11-22)20(25)17-13-26-12-15(17)2/h12-14,16,18H,6-11H2,1-5H3/t14?,16-,18+/m0/s1. The van der Waals surface area contributed by atoms with Crippen LogP contribution >= 0.6 is 0 Å². The van der Waals surface area contributed by atoms with E-state index in [2.05, 4.69) is 20.8 Å². The number of rotatable bonds is 4. The Balaban J connectivity index is 1.61. The molecule has 5 nitrogen and oxygen atoms in total. The van der Waals surface area contributed by atoms with Gasteiger partial charge < -0.3 is 14.2 Å². The third kappa shape index (κ3) is 3.81. The molecule has 2 aliphatic heterocycles. The highest BCUT2D eigenvalue weighted by Gasteiger charge is 2.45. The molecule has 3 atom stereocenters. The van der Waals surface area contributed by atoms with Crippen molar-refractivity contribution in [3.63, 3.8) is 0 Å². The van der Waals surface area contributed by atoms with Gasteiger partial charge in [-0.05, 0) is 37.2 Å². The van der Waals surface area contributed by atoms with E-state index in [4.69, 9.17) is 4.42 Å². The zero-order valence-electron chi connectivity index (χ0n) is 16.7. The molecular formula is C21H32N2O3. The fraction of sp³-hybridized carbons (Fsp3) is 0.714. The summed E-state index contributed by atoms with van der Waals surface area (Å²) in [7, 11) is 0. The first-order valence-electron chi connectivity index (χ1n) is 9.80. The average Bonchev–Trinajstić information content (AvgIpc) is 3.25. The largest absolute Gasteiger partial charge is 0.471 e. The highest BCUT2D eigenvalue weighted by Crippen LogP contribution is 2.34. The first-order chi connectivity index (χ1) is 12.2. The molecule has 0 aliphatic carbocycles. The van der Waals surface area contributed by atoms with Crippen LogP contribution in [0.2, 0.25) is 0 Å². The van der Waals surface area contributed by atoms with Crippen LogP contribution in [-0.4, -0.2) is 47.3 Å². The summed E-state index contributed by atoms with van der Waals surface area (Å²) in [6.07, 6.45) is 6.10. The number of carbonyl (C=O) groups is 2. The second kappa shape index (κ2) is 7.09. The van der Waals surface area contributed by atoms with Crippen LogP contribution in [0.1, 0.15) is 62.9 Å². The lowest BCUT2D eigenvalue weighted by Crippen LogP contribution is -2.41. The fourth-order valence-corrected chi connectivity index (χ4v) is 4.21. The molecule has 144 valence electrons. The number of aryl methyl sites for hydroxylation is 1. The van der Waals surface area contributed by atoms with Gasteiger partial charge in [-0.3, -0.25) is 9.59 Å². The zero-order valence-corrected chi connectivity index (χ0v) is 16.7. The molecule has 0 aromatic carbocycles. The Hall–Kier alpha value is -1.78. The van der Waals surface area contributed by atoms with Crippen LogP contribution in [0, 0.1) is 24.2 Å². The summed E-state index contributed by atoms with van der Waals surface area (Å²) in [6, 6.07) is 0.149. The van der Waals surface area contributed by atoms with Gasteiger partial charge in [0.05, 0.1) is 17.9 Å². The van der Waals surface area contributed by atoms with Crippen molar-refractivity contribution in [1.29, 1.82) is 0 Å². The number of likely N-dealkylation sites (tertiary alicyclic amines) is 2. The van der Waals surface area contributed by atoms with Crippen LogP contribution in [0.25, 0.3) is 0 Å². The molecule has 5 heteroatoms. The summed E-state index contributed by atoms with van der Waals surface area (Å²) in [5.74, 6) is 0.743. The first-order valence-corrected chi connectivity index (χ1v) is 9.80.